The zero-order valence-electron chi connectivity index (χ0n) is 7.11. The summed E-state index contributed by atoms with van der Waals surface area (Å²) in [7, 11) is 0. The molecule has 0 bridgehead atoms. The molecule has 0 radical (unpaired) electrons. The first-order valence-electron chi connectivity index (χ1n) is 3.96. The first-order valence-corrected chi connectivity index (χ1v) is 3.96. The Balaban J connectivity index is 2.58. The summed E-state index contributed by atoms with van der Waals surface area (Å²) in [4.78, 5) is 3.98. The number of ether oxygens (including phenoxy) is 1. The minimum Gasteiger partial charge on any atom is -0.362 e. The van der Waals surface area contributed by atoms with Crippen molar-refractivity contribution in [3.63, 3.8) is 0 Å². The fraction of sp³-hybridized carbons (Fsp3) is 0.444. The highest BCUT2D eigenvalue weighted by Crippen LogP contribution is 2.40. The van der Waals surface area contributed by atoms with E-state index in [-0.39, 0.29) is 6.10 Å². The maximum atomic E-state index is 9.77. The van der Waals surface area contributed by atoms with Crippen molar-refractivity contribution in [1.29, 1.82) is 0 Å². The summed E-state index contributed by atoms with van der Waals surface area (Å²) in [5.41, 5.74) is 1.80. The predicted molar refractivity (Wildman–Crippen MR) is 43.3 cm³/mol. The van der Waals surface area contributed by atoms with E-state index < -0.39 is 5.79 Å². The number of nitrogens with zero attached hydrogens (tertiary/aromatic N) is 1. The van der Waals surface area contributed by atoms with Crippen molar-refractivity contribution in [2.45, 2.75) is 25.7 Å². The largest absolute Gasteiger partial charge is 0.362 e. The Hall–Kier alpha value is -0.930. The van der Waals surface area contributed by atoms with Gasteiger partial charge in [-0.05, 0) is 19.9 Å². The molecule has 2 heterocycles. The van der Waals surface area contributed by atoms with Gasteiger partial charge in [-0.1, -0.05) is 0 Å². The van der Waals surface area contributed by atoms with Crippen LogP contribution in [-0.4, -0.2) is 10.1 Å². The quantitative estimate of drug-likeness (QED) is 0.630. The summed E-state index contributed by atoms with van der Waals surface area (Å²) in [6.07, 6.45) is 3.33. The molecule has 3 nitrogen and oxygen atoms in total. The Bertz CT molecular complexity index is 309. The summed E-state index contributed by atoms with van der Waals surface area (Å²) in [5, 5.41) is 9.77. The van der Waals surface area contributed by atoms with Crippen molar-refractivity contribution >= 4 is 0 Å². The van der Waals surface area contributed by atoms with Gasteiger partial charge in [0.15, 0.2) is 5.79 Å². The molecule has 0 fully saturated rings. The van der Waals surface area contributed by atoms with Crippen LogP contribution in [0.25, 0.3) is 0 Å². The molecule has 2 unspecified atom stereocenters. The molecule has 1 aromatic heterocycles. The maximum Gasteiger partial charge on any atom is 0.190 e. The third kappa shape index (κ3) is 0.940. The number of aromatic nitrogens is 1. The first-order chi connectivity index (χ1) is 5.61. The van der Waals surface area contributed by atoms with Crippen LogP contribution in [-0.2, 0) is 10.5 Å². The Morgan fingerprint density at radius 1 is 1.67 bits per heavy atom. The van der Waals surface area contributed by atoms with Crippen molar-refractivity contribution < 1.29 is 9.84 Å². The van der Waals surface area contributed by atoms with Crippen LogP contribution in [0.15, 0.2) is 18.5 Å². The second-order valence-electron chi connectivity index (χ2n) is 3.21. The molecule has 64 valence electrons. The van der Waals surface area contributed by atoms with Gasteiger partial charge in [-0.25, -0.2) is 0 Å². The van der Waals surface area contributed by atoms with E-state index in [4.69, 9.17) is 4.74 Å². The van der Waals surface area contributed by atoms with Gasteiger partial charge in [0, 0.05) is 23.5 Å². The van der Waals surface area contributed by atoms with Crippen LogP contribution in [0.5, 0.6) is 0 Å². The van der Waals surface area contributed by atoms with Gasteiger partial charge in [-0.3, -0.25) is 4.98 Å². The van der Waals surface area contributed by atoms with Gasteiger partial charge < -0.3 is 9.84 Å². The van der Waals surface area contributed by atoms with Crippen LogP contribution in [0.3, 0.4) is 0 Å². The third-order valence-corrected chi connectivity index (χ3v) is 2.20. The molecule has 1 N–H and O–H groups in total. The van der Waals surface area contributed by atoms with E-state index in [2.05, 4.69) is 4.98 Å². The normalized spacial score (nSPS) is 33.4. The van der Waals surface area contributed by atoms with E-state index in [1.54, 1.807) is 25.4 Å². The van der Waals surface area contributed by atoms with Crippen LogP contribution in [0.2, 0.25) is 0 Å². The second-order valence-corrected chi connectivity index (χ2v) is 3.21. The molecule has 0 saturated heterocycles. The number of hydrogen-bond acceptors (Lipinski definition) is 3. The van der Waals surface area contributed by atoms with Crippen LogP contribution in [0.4, 0.5) is 0 Å². The lowest BCUT2D eigenvalue weighted by Gasteiger charge is -2.17. The van der Waals surface area contributed by atoms with Crippen molar-refractivity contribution in [1.82, 2.24) is 4.98 Å². The Morgan fingerprint density at radius 3 is 3.08 bits per heavy atom. The summed E-state index contributed by atoms with van der Waals surface area (Å²) in [6, 6.07) is 1.79. The molecule has 1 aliphatic rings. The fourth-order valence-electron chi connectivity index (χ4n) is 1.62. The zero-order chi connectivity index (χ0) is 8.77. The fourth-order valence-corrected chi connectivity index (χ4v) is 1.62. The highest BCUT2D eigenvalue weighted by Gasteiger charge is 2.37. The molecular formula is C9H11NO2. The van der Waals surface area contributed by atoms with Gasteiger partial charge in [0.1, 0.15) is 0 Å². The predicted octanol–water partition coefficient (Wildman–Crippen LogP) is 1.34. The van der Waals surface area contributed by atoms with Crippen molar-refractivity contribution in [2.24, 2.45) is 0 Å². The smallest absolute Gasteiger partial charge is 0.190 e. The Kier molecular flexibility index (Phi) is 1.46. The summed E-state index contributed by atoms with van der Waals surface area (Å²) < 4.78 is 5.33. The summed E-state index contributed by atoms with van der Waals surface area (Å²) in [5.74, 6) is -1.14. The van der Waals surface area contributed by atoms with Crippen LogP contribution in [0, 0.1) is 0 Å². The topological polar surface area (TPSA) is 42.4 Å². The highest BCUT2D eigenvalue weighted by atomic mass is 16.6. The van der Waals surface area contributed by atoms with Gasteiger partial charge in [0.2, 0.25) is 0 Å². The van der Waals surface area contributed by atoms with Gasteiger partial charge in [-0.15, -0.1) is 0 Å². The van der Waals surface area contributed by atoms with Gasteiger partial charge in [0.05, 0.1) is 6.10 Å². The minimum atomic E-state index is -1.14. The molecule has 0 spiro atoms. The van der Waals surface area contributed by atoms with Gasteiger partial charge >= 0.3 is 0 Å². The second kappa shape index (κ2) is 2.28. The molecule has 2 atom stereocenters. The summed E-state index contributed by atoms with van der Waals surface area (Å²) >= 11 is 0. The molecule has 3 heteroatoms. The molecule has 0 aliphatic carbocycles. The average molecular weight is 165 g/mol. The van der Waals surface area contributed by atoms with Crippen LogP contribution >= 0.6 is 0 Å². The third-order valence-electron chi connectivity index (χ3n) is 2.20. The molecule has 0 saturated carbocycles. The molecule has 1 aromatic rings. The summed E-state index contributed by atoms with van der Waals surface area (Å²) in [6.45, 7) is 3.55. The molecule has 0 aromatic carbocycles. The molecule has 2 rings (SSSR count). The Morgan fingerprint density at radius 2 is 2.42 bits per heavy atom. The molecular weight excluding hydrogens is 154 g/mol. The highest BCUT2D eigenvalue weighted by molar-refractivity contribution is 5.32. The van der Waals surface area contributed by atoms with Gasteiger partial charge in [0.25, 0.3) is 0 Å². The van der Waals surface area contributed by atoms with E-state index in [0.717, 1.165) is 11.1 Å². The van der Waals surface area contributed by atoms with E-state index >= 15 is 0 Å². The van der Waals surface area contributed by atoms with E-state index in [1.807, 2.05) is 6.92 Å². The number of rotatable bonds is 0. The monoisotopic (exact) mass is 165 g/mol. The maximum absolute atomic E-state index is 9.77. The van der Waals surface area contributed by atoms with Crippen molar-refractivity contribution in [3.8, 4) is 0 Å². The first kappa shape index (κ1) is 7.71. The Labute approximate surface area is 71.0 Å². The number of aliphatic hydroxyl groups is 1. The lowest BCUT2D eigenvalue weighted by Crippen LogP contribution is -2.19. The van der Waals surface area contributed by atoms with Gasteiger partial charge in [-0.2, -0.15) is 0 Å². The number of fused-ring (bicyclic) bond motifs is 1. The average Bonchev–Trinajstić information content (AvgIpc) is 2.25. The van der Waals surface area contributed by atoms with Crippen molar-refractivity contribution in [2.75, 3.05) is 0 Å². The molecule has 0 amide bonds. The zero-order valence-corrected chi connectivity index (χ0v) is 7.11. The van der Waals surface area contributed by atoms with Crippen molar-refractivity contribution in [3.05, 3.63) is 29.6 Å². The standard InChI is InChI=1S/C9H11NO2/c1-6-7-5-10-4-3-8(7)9(2,11)12-6/h3-6,11H,1-2H3. The van der Waals surface area contributed by atoms with E-state index in [1.165, 1.54) is 0 Å². The van der Waals surface area contributed by atoms with Crippen LogP contribution < -0.4 is 0 Å². The minimum absolute atomic E-state index is 0.0660. The number of hydrogen-bond donors (Lipinski definition) is 1. The SMILES string of the molecule is CC1OC(C)(O)c2ccncc21. The van der Waals surface area contributed by atoms with E-state index in [9.17, 15) is 5.11 Å². The lowest BCUT2D eigenvalue weighted by atomic mass is 10.0. The van der Waals surface area contributed by atoms with Crippen LogP contribution in [0.1, 0.15) is 31.1 Å². The lowest BCUT2D eigenvalue weighted by molar-refractivity contribution is -0.205. The molecule has 1 aliphatic heterocycles. The van der Waals surface area contributed by atoms with E-state index in [0.29, 0.717) is 0 Å². The number of pyridine rings is 1. The molecule has 12 heavy (non-hydrogen) atoms.